The number of piperidine rings is 1. The maximum atomic E-state index is 12.5. The van der Waals surface area contributed by atoms with E-state index < -0.39 is 0 Å². The Bertz CT molecular complexity index is 511. The summed E-state index contributed by atoms with van der Waals surface area (Å²) in [5, 5.41) is 2.69. The number of benzene rings is 1. The van der Waals surface area contributed by atoms with Gasteiger partial charge in [0.1, 0.15) is 0 Å². The van der Waals surface area contributed by atoms with Crippen LogP contribution in [0.4, 0.5) is 5.69 Å². The Balaban J connectivity index is 2.03. The maximum absolute atomic E-state index is 12.5. The lowest BCUT2D eigenvalue weighted by atomic mass is 9.92. The Labute approximate surface area is 125 Å². The van der Waals surface area contributed by atoms with E-state index in [0.717, 1.165) is 25.9 Å². The van der Waals surface area contributed by atoms with Gasteiger partial charge in [0.2, 0.25) is 5.91 Å². The van der Waals surface area contributed by atoms with Crippen LogP contribution >= 0.6 is 0 Å². The van der Waals surface area contributed by atoms with Crippen molar-refractivity contribution in [2.24, 2.45) is 11.7 Å². The molecule has 114 valence electrons. The number of carbonyl (C=O) groups is 2. The summed E-state index contributed by atoms with van der Waals surface area (Å²) < 4.78 is 0. The summed E-state index contributed by atoms with van der Waals surface area (Å²) in [6.07, 6.45) is 2.09. The molecule has 5 nitrogen and oxygen atoms in total. The van der Waals surface area contributed by atoms with E-state index in [1.54, 1.807) is 24.3 Å². The fourth-order valence-electron chi connectivity index (χ4n) is 2.71. The molecule has 3 N–H and O–H groups in total. The van der Waals surface area contributed by atoms with Crippen molar-refractivity contribution in [3.8, 4) is 0 Å². The van der Waals surface area contributed by atoms with Crippen LogP contribution in [0.3, 0.4) is 0 Å². The Morgan fingerprint density at radius 3 is 2.57 bits per heavy atom. The van der Waals surface area contributed by atoms with Gasteiger partial charge in [-0.05, 0) is 49.9 Å². The van der Waals surface area contributed by atoms with E-state index in [1.807, 2.05) is 11.8 Å². The largest absolute Gasteiger partial charge is 0.338 e. The molecule has 1 aromatic carbocycles. The van der Waals surface area contributed by atoms with Crippen LogP contribution in [0.2, 0.25) is 0 Å². The molecule has 0 spiro atoms. The van der Waals surface area contributed by atoms with E-state index in [9.17, 15) is 9.59 Å². The molecule has 1 fully saturated rings. The molecule has 1 saturated heterocycles. The molecule has 0 radical (unpaired) electrons. The number of nitrogens with two attached hydrogens (primary N) is 1. The second-order valence-electron chi connectivity index (χ2n) is 5.77. The molecule has 2 unspecified atom stereocenters. The summed E-state index contributed by atoms with van der Waals surface area (Å²) >= 11 is 0. The summed E-state index contributed by atoms with van der Waals surface area (Å²) in [7, 11) is 0. The molecule has 0 bridgehead atoms. The van der Waals surface area contributed by atoms with Gasteiger partial charge < -0.3 is 16.0 Å². The third-order valence-corrected chi connectivity index (χ3v) is 3.94. The lowest BCUT2D eigenvalue weighted by Crippen LogP contribution is -2.45. The summed E-state index contributed by atoms with van der Waals surface area (Å²) in [5.74, 6) is 0.293. The lowest BCUT2D eigenvalue weighted by Gasteiger charge is -2.34. The molecular formula is C16H23N3O2. The van der Waals surface area contributed by atoms with E-state index in [2.05, 4.69) is 5.32 Å². The highest BCUT2D eigenvalue weighted by Gasteiger charge is 2.26. The van der Waals surface area contributed by atoms with E-state index in [0.29, 0.717) is 17.2 Å². The van der Waals surface area contributed by atoms with E-state index in [1.165, 1.54) is 6.92 Å². The molecule has 1 aromatic rings. The van der Waals surface area contributed by atoms with Crippen LogP contribution in [0.25, 0.3) is 0 Å². The molecular weight excluding hydrogens is 266 g/mol. The third kappa shape index (κ3) is 4.04. The van der Waals surface area contributed by atoms with Gasteiger partial charge in [-0.1, -0.05) is 0 Å². The third-order valence-electron chi connectivity index (χ3n) is 3.94. The normalized spacial score (nSPS) is 20.0. The van der Waals surface area contributed by atoms with Gasteiger partial charge >= 0.3 is 0 Å². The highest BCUT2D eigenvalue weighted by Crippen LogP contribution is 2.21. The first-order valence-corrected chi connectivity index (χ1v) is 7.40. The SMILES string of the molecule is CC(=O)Nc1ccc(C(=O)N2CCCC(C(C)N)C2)cc1. The van der Waals surface area contributed by atoms with Crippen LogP contribution in [0, 0.1) is 5.92 Å². The number of amides is 2. The zero-order valence-electron chi connectivity index (χ0n) is 12.6. The first kappa shape index (κ1) is 15.5. The summed E-state index contributed by atoms with van der Waals surface area (Å²) in [5.41, 5.74) is 7.30. The van der Waals surface area contributed by atoms with Gasteiger partial charge in [-0.15, -0.1) is 0 Å². The summed E-state index contributed by atoms with van der Waals surface area (Å²) in [4.78, 5) is 25.4. The van der Waals surface area contributed by atoms with Crippen molar-refractivity contribution in [3.63, 3.8) is 0 Å². The predicted octanol–water partition coefficient (Wildman–Crippen LogP) is 1.84. The fraction of sp³-hybridized carbons (Fsp3) is 0.500. The molecule has 0 aromatic heterocycles. The predicted molar refractivity (Wildman–Crippen MR) is 83.0 cm³/mol. The zero-order valence-corrected chi connectivity index (χ0v) is 12.6. The van der Waals surface area contributed by atoms with Gasteiger partial charge in [-0.25, -0.2) is 0 Å². The Morgan fingerprint density at radius 2 is 2.00 bits per heavy atom. The number of hydrogen-bond donors (Lipinski definition) is 2. The van der Waals surface area contributed by atoms with Gasteiger partial charge in [-0.2, -0.15) is 0 Å². The smallest absolute Gasteiger partial charge is 0.253 e. The highest BCUT2D eigenvalue weighted by molar-refractivity contribution is 5.95. The molecule has 2 atom stereocenters. The molecule has 21 heavy (non-hydrogen) atoms. The van der Waals surface area contributed by atoms with Crippen LogP contribution in [-0.4, -0.2) is 35.8 Å². The lowest BCUT2D eigenvalue weighted by molar-refractivity contribution is -0.114. The molecule has 2 amide bonds. The van der Waals surface area contributed by atoms with Crippen LogP contribution in [0.1, 0.15) is 37.0 Å². The van der Waals surface area contributed by atoms with Gasteiger partial charge in [0, 0.05) is 37.3 Å². The molecule has 2 rings (SSSR count). The fourth-order valence-corrected chi connectivity index (χ4v) is 2.71. The standard InChI is InChI=1S/C16H23N3O2/c1-11(17)14-4-3-9-19(10-14)16(21)13-5-7-15(8-6-13)18-12(2)20/h5-8,11,14H,3-4,9-10,17H2,1-2H3,(H,18,20). The minimum absolute atomic E-state index is 0.0368. The van der Waals surface area contributed by atoms with Crippen molar-refractivity contribution in [2.45, 2.75) is 32.7 Å². The van der Waals surface area contributed by atoms with Crippen LogP contribution in [0.5, 0.6) is 0 Å². The Hall–Kier alpha value is -1.88. The van der Waals surface area contributed by atoms with Gasteiger partial charge in [0.25, 0.3) is 5.91 Å². The zero-order chi connectivity index (χ0) is 15.4. The van der Waals surface area contributed by atoms with Crippen molar-refractivity contribution in [2.75, 3.05) is 18.4 Å². The number of likely N-dealkylation sites (tertiary alicyclic amines) is 1. The quantitative estimate of drug-likeness (QED) is 0.891. The van der Waals surface area contributed by atoms with Crippen LogP contribution in [-0.2, 0) is 4.79 Å². The summed E-state index contributed by atoms with van der Waals surface area (Å²) in [6.45, 7) is 4.97. The number of anilines is 1. The maximum Gasteiger partial charge on any atom is 0.253 e. The topological polar surface area (TPSA) is 75.4 Å². The second kappa shape index (κ2) is 6.72. The van der Waals surface area contributed by atoms with Gasteiger partial charge in [0.05, 0.1) is 0 Å². The first-order chi connectivity index (χ1) is 9.97. The number of nitrogens with one attached hydrogen (secondary N) is 1. The van der Waals surface area contributed by atoms with Gasteiger partial charge in [0.15, 0.2) is 0 Å². The molecule has 1 heterocycles. The number of rotatable bonds is 3. The van der Waals surface area contributed by atoms with Crippen molar-refractivity contribution in [3.05, 3.63) is 29.8 Å². The van der Waals surface area contributed by atoms with E-state index >= 15 is 0 Å². The molecule has 5 heteroatoms. The highest BCUT2D eigenvalue weighted by atomic mass is 16.2. The van der Waals surface area contributed by atoms with Crippen LogP contribution in [0.15, 0.2) is 24.3 Å². The van der Waals surface area contributed by atoms with Crippen molar-refractivity contribution < 1.29 is 9.59 Å². The van der Waals surface area contributed by atoms with Crippen molar-refractivity contribution >= 4 is 17.5 Å². The first-order valence-electron chi connectivity index (χ1n) is 7.40. The summed E-state index contributed by atoms with van der Waals surface area (Å²) in [6, 6.07) is 7.12. The molecule has 1 aliphatic heterocycles. The number of hydrogen-bond acceptors (Lipinski definition) is 3. The van der Waals surface area contributed by atoms with E-state index in [-0.39, 0.29) is 17.9 Å². The number of nitrogens with zero attached hydrogens (tertiary/aromatic N) is 1. The molecule has 0 saturated carbocycles. The minimum Gasteiger partial charge on any atom is -0.338 e. The van der Waals surface area contributed by atoms with Gasteiger partial charge in [-0.3, -0.25) is 9.59 Å². The monoisotopic (exact) mass is 289 g/mol. The minimum atomic E-state index is -0.120. The van der Waals surface area contributed by atoms with Crippen LogP contribution < -0.4 is 11.1 Å². The Morgan fingerprint density at radius 1 is 1.33 bits per heavy atom. The molecule has 0 aliphatic carbocycles. The van der Waals surface area contributed by atoms with E-state index in [4.69, 9.17) is 5.73 Å². The number of carbonyl (C=O) groups excluding carboxylic acids is 2. The van der Waals surface area contributed by atoms with Crippen molar-refractivity contribution in [1.82, 2.24) is 4.90 Å². The average molecular weight is 289 g/mol. The molecule has 1 aliphatic rings. The van der Waals surface area contributed by atoms with Crippen molar-refractivity contribution in [1.29, 1.82) is 0 Å². The second-order valence-corrected chi connectivity index (χ2v) is 5.77. The average Bonchev–Trinajstić information content (AvgIpc) is 2.47. The Kier molecular flexibility index (Phi) is 4.96.